The van der Waals surface area contributed by atoms with Crippen molar-refractivity contribution in [3.8, 4) is 0 Å². The zero-order chi connectivity index (χ0) is 29.4. The number of hydrogen-bond donors (Lipinski definition) is 2. The second-order valence-electron chi connectivity index (χ2n) is 10.0. The molecule has 2 fully saturated rings. The summed E-state index contributed by atoms with van der Waals surface area (Å²) in [6, 6.07) is -2.11. The number of nitrogens with one attached hydrogen (secondary N) is 1. The number of alkyl halides is 9. The Morgan fingerprint density at radius 1 is 1.05 bits per heavy atom. The molecular formula is C23H28F9N3O4. The fraction of sp³-hybridized carbons (Fsp3) is 0.739. The van der Waals surface area contributed by atoms with E-state index in [2.05, 4.69) is 10.1 Å². The average Bonchev–Trinajstić information content (AvgIpc) is 3.17. The lowest BCUT2D eigenvalue weighted by Crippen LogP contribution is -2.56. The number of likely N-dealkylation sites (tertiary alicyclic amines) is 2. The number of aliphatic carboxylic acids is 1. The maximum Gasteiger partial charge on any atom is 0.434 e. The lowest BCUT2D eigenvalue weighted by atomic mass is 9.83. The van der Waals surface area contributed by atoms with Gasteiger partial charge in [0, 0.05) is 37.1 Å². The van der Waals surface area contributed by atoms with Crippen molar-refractivity contribution in [2.24, 2.45) is 5.92 Å². The molecule has 0 bridgehead atoms. The number of hydrogen-bond acceptors (Lipinski definition) is 5. The average molecular weight is 581 g/mol. The minimum atomic E-state index is -5.83. The molecule has 222 valence electrons. The second-order valence-corrected chi connectivity index (χ2v) is 10.0. The van der Waals surface area contributed by atoms with Crippen molar-refractivity contribution in [3.63, 3.8) is 0 Å². The number of halogens is 9. The van der Waals surface area contributed by atoms with Gasteiger partial charge in [0.15, 0.2) is 0 Å². The van der Waals surface area contributed by atoms with Crippen LogP contribution in [0.5, 0.6) is 0 Å². The van der Waals surface area contributed by atoms with Crippen molar-refractivity contribution in [2.75, 3.05) is 26.2 Å². The lowest BCUT2D eigenvalue weighted by molar-refractivity contribution is -0.308. The summed E-state index contributed by atoms with van der Waals surface area (Å²) in [7, 11) is 0. The number of nitrogens with zero attached hydrogens (tertiary/aromatic N) is 2. The third-order valence-corrected chi connectivity index (χ3v) is 7.42. The van der Waals surface area contributed by atoms with Gasteiger partial charge in [-0.2, -0.15) is 39.5 Å². The zero-order valence-electron chi connectivity index (χ0n) is 20.7. The molecule has 0 aromatic carbocycles. The molecule has 2 heterocycles. The first-order valence-corrected chi connectivity index (χ1v) is 12.1. The normalized spacial score (nSPS) is 25.2. The van der Waals surface area contributed by atoms with Gasteiger partial charge in [0.25, 0.3) is 6.10 Å². The maximum atomic E-state index is 13.3. The van der Waals surface area contributed by atoms with Crippen LogP contribution in [0, 0.1) is 5.92 Å². The highest BCUT2D eigenvalue weighted by atomic mass is 19.4. The minimum absolute atomic E-state index is 0.172. The molecule has 1 spiro atoms. The van der Waals surface area contributed by atoms with Crippen LogP contribution in [0.3, 0.4) is 0 Å². The monoisotopic (exact) mass is 581 g/mol. The summed E-state index contributed by atoms with van der Waals surface area (Å²) in [5.41, 5.74) is -1.50. The number of rotatable bonds is 6. The van der Waals surface area contributed by atoms with E-state index in [-0.39, 0.29) is 32.5 Å². The Kier molecular flexibility index (Phi) is 8.90. The molecule has 1 aliphatic carbocycles. The molecule has 2 saturated heterocycles. The van der Waals surface area contributed by atoms with Crippen molar-refractivity contribution in [3.05, 3.63) is 23.8 Å². The van der Waals surface area contributed by atoms with Gasteiger partial charge in [-0.05, 0) is 39.2 Å². The number of piperidine rings is 1. The summed E-state index contributed by atoms with van der Waals surface area (Å²) < 4.78 is 120. The number of carbonyl (C=O) groups excluding carboxylic acids is 1. The molecule has 16 heteroatoms. The van der Waals surface area contributed by atoms with Gasteiger partial charge in [-0.1, -0.05) is 18.2 Å². The molecule has 2 N–H and O–H groups in total. The van der Waals surface area contributed by atoms with Gasteiger partial charge >= 0.3 is 30.6 Å². The minimum Gasteiger partial charge on any atom is -0.480 e. The van der Waals surface area contributed by atoms with Gasteiger partial charge in [-0.3, -0.25) is 15.0 Å². The topological polar surface area (TPSA) is 82.1 Å². The summed E-state index contributed by atoms with van der Waals surface area (Å²) in [4.78, 5) is 26.2. The molecule has 7 nitrogen and oxygen atoms in total. The first kappa shape index (κ1) is 31.0. The van der Waals surface area contributed by atoms with Crippen LogP contribution in [-0.2, 0) is 9.53 Å². The van der Waals surface area contributed by atoms with E-state index in [1.54, 1.807) is 0 Å². The van der Waals surface area contributed by atoms with Gasteiger partial charge in [0.2, 0.25) is 0 Å². The summed E-state index contributed by atoms with van der Waals surface area (Å²) in [6.07, 6.45) is -17.4. The number of amides is 1. The molecule has 3 aliphatic rings. The molecule has 2 aliphatic heterocycles. The smallest absolute Gasteiger partial charge is 0.434 e. The standard InChI is InChI=1S/C23H28F9N3O4/c1-13(17(36)37)33-16-11-15(21(24,25)26)4-3-14(16)12-35-8-2-5-20(35)6-9-34(10-7-20)19(38)39-18(22(27,28)29)23(30,31)32/h3-4,11,13-14,16,18,33H,2,5-10,12H2,1H3,(H,36,37)/t13-,14?,16?/m0/s1. The molecule has 0 radical (unpaired) electrons. The predicted octanol–water partition coefficient (Wildman–Crippen LogP) is 4.65. The number of allylic oxidation sites excluding steroid dienone is 2. The SMILES string of the molecule is C[C@H](NC1C=C(C(F)(F)F)C=CC1CN1CCCC12CCN(C(=O)OC(C(F)(F)F)C(F)(F)F)CC2)C(=O)O. The Bertz CT molecular complexity index is 955. The Hall–Kier alpha value is -2.49. The Morgan fingerprint density at radius 2 is 1.64 bits per heavy atom. The van der Waals surface area contributed by atoms with Gasteiger partial charge < -0.3 is 14.7 Å². The highest BCUT2D eigenvalue weighted by Gasteiger charge is 2.60. The van der Waals surface area contributed by atoms with Crippen molar-refractivity contribution < 1.29 is 58.9 Å². The van der Waals surface area contributed by atoms with Gasteiger partial charge in [-0.25, -0.2) is 4.79 Å². The first-order chi connectivity index (χ1) is 17.8. The van der Waals surface area contributed by atoms with Crippen LogP contribution in [0.1, 0.15) is 32.6 Å². The van der Waals surface area contributed by atoms with Crippen LogP contribution >= 0.6 is 0 Å². The Morgan fingerprint density at radius 3 is 2.15 bits per heavy atom. The van der Waals surface area contributed by atoms with Crippen LogP contribution in [0.25, 0.3) is 0 Å². The summed E-state index contributed by atoms with van der Waals surface area (Å²) in [5, 5.41) is 11.9. The van der Waals surface area contributed by atoms with Gasteiger partial charge in [0.1, 0.15) is 6.04 Å². The molecule has 3 rings (SSSR count). The number of carboxylic acids is 1. The highest BCUT2D eigenvalue weighted by molar-refractivity contribution is 5.73. The largest absolute Gasteiger partial charge is 0.480 e. The molecule has 0 aromatic rings. The quantitative estimate of drug-likeness (QED) is 0.445. The molecule has 0 saturated carbocycles. The zero-order valence-corrected chi connectivity index (χ0v) is 20.7. The third kappa shape index (κ3) is 7.38. The Balaban J connectivity index is 1.69. The van der Waals surface area contributed by atoms with Crippen molar-refractivity contribution in [1.29, 1.82) is 0 Å². The van der Waals surface area contributed by atoms with Crippen molar-refractivity contribution in [2.45, 2.75) is 74.9 Å². The van der Waals surface area contributed by atoms with E-state index >= 15 is 0 Å². The van der Waals surface area contributed by atoms with Crippen molar-refractivity contribution in [1.82, 2.24) is 15.1 Å². The van der Waals surface area contributed by atoms with Crippen LogP contribution in [0.4, 0.5) is 44.3 Å². The van der Waals surface area contributed by atoms with Crippen LogP contribution in [-0.4, -0.2) is 95.4 Å². The lowest BCUT2D eigenvalue weighted by Gasteiger charge is -2.46. The summed E-state index contributed by atoms with van der Waals surface area (Å²) >= 11 is 0. The van der Waals surface area contributed by atoms with Gasteiger partial charge in [-0.15, -0.1) is 0 Å². The van der Waals surface area contributed by atoms with Gasteiger partial charge in [0.05, 0.1) is 5.57 Å². The molecule has 3 atom stereocenters. The number of carboxylic acid groups (broad SMARTS) is 1. The highest BCUT2D eigenvalue weighted by Crippen LogP contribution is 2.41. The van der Waals surface area contributed by atoms with E-state index in [0.29, 0.717) is 19.4 Å². The maximum absolute atomic E-state index is 13.3. The van der Waals surface area contributed by atoms with E-state index in [9.17, 15) is 54.2 Å². The summed E-state index contributed by atoms with van der Waals surface area (Å²) in [5.74, 6) is -1.81. The van der Waals surface area contributed by atoms with E-state index in [1.807, 2.05) is 4.90 Å². The van der Waals surface area contributed by atoms with Crippen LogP contribution in [0.15, 0.2) is 23.8 Å². The van der Waals surface area contributed by atoms with Crippen LogP contribution < -0.4 is 5.32 Å². The van der Waals surface area contributed by atoms with E-state index < -0.39 is 65.8 Å². The molecule has 0 aromatic heterocycles. The molecular weight excluding hydrogens is 553 g/mol. The molecule has 2 unspecified atom stereocenters. The Labute approximate surface area is 217 Å². The number of carbonyl (C=O) groups is 2. The molecule has 39 heavy (non-hydrogen) atoms. The van der Waals surface area contributed by atoms with E-state index in [1.165, 1.54) is 13.0 Å². The number of ether oxygens (including phenoxy) is 1. The second kappa shape index (κ2) is 11.2. The van der Waals surface area contributed by atoms with Crippen LogP contribution in [0.2, 0.25) is 0 Å². The van der Waals surface area contributed by atoms with E-state index in [4.69, 9.17) is 0 Å². The fourth-order valence-electron chi connectivity index (χ4n) is 5.31. The summed E-state index contributed by atoms with van der Waals surface area (Å²) in [6.45, 7) is 1.70. The van der Waals surface area contributed by atoms with Crippen molar-refractivity contribution >= 4 is 12.1 Å². The fourth-order valence-corrected chi connectivity index (χ4v) is 5.31. The molecule has 1 amide bonds. The van der Waals surface area contributed by atoms with E-state index in [0.717, 1.165) is 17.1 Å². The first-order valence-electron chi connectivity index (χ1n) is 12.1. The third-order valence-electron chi connectivity index (χ3n) is 7.42. The predicted molar refractivity (Wildman–Crippen MR) is 118 cm³/mol.